The highest BCUT2D eigenvalue weighted by Gasteiger charge is 2.32. The van der Waals surface area contributed by atoms with Crippen LogP contribution in [-0.2, 0) is 23.2 Å². The number of aromatic amines is 1. The summed E-state index contributed by atoms with van der Waals surface area (Å²) in [5, 5.41) is 18.9. The van der Waals surface area contributed by atoms with Gasteiger partial charge >= 0.3 is 0 Å². The number of hydrogen-bond acceptors (Lipinski definition) is 3. The van der Waals surface area contributed by atoms with Gasteiger partial charge in [0.25, 0.3) is 0 Å². The van der Waals surface area contributed by atoms with Crippen LogP contribution >= 0.6 is 23.2 Å². The van der Waals surface area contributed by atoms with Crippen molar-refractivity contribution in [2.75, 3.05) is 6.54 Å². The van der Waals surface area contributed by atoms with Crippen molar-refractivity contribution < 1.29 is 9.90 Å². The van der Waals surface area contributed by atoms with Gasteiger partial charge in [0.15, 0.2) is 5.15 Å². The molecule has 2 heterocycles. The summed E-state index contributed by atoms with van der Waals surface area (Å²) in [4.78, 5) is 15.1. The maximum absolute atomic E-state index is 13.2. The van der Waals surface area contributed by atoms with Crippen LogP contribution in [0.3, 0.4) is 0 Å². The Morgan fingerprint density at radius 2 is 2.07 bits per heavy atom. The van der Waals surface area contributed by atoms with Crippen LogP contribution < -0.4 is 0 Å². The molecule has 4 rings (SSSR count). The molecule has 1 unspecified atom stereocenters. The fourth-order valence-corrected chi connectivity index (χ4v) is 4.81. The molecule has 1 aliphatic rings. The van der Waals surface area contributed by atoms with Gasteiger partial charge in [0.2, 0.25) is 5.91 Å². The molecule has 5 nitrogen and oxygen atoms in total. The zero-order valence-electron chi connectivity index (χ0n) is 16.6. The molecule has 0 bridgehead atoms. The van der Waals surface area contributed by atoms with Crippen molar-refractivity contribution in [1.29, 1.82) is 0 Å². The van der Waals surface area contributed by atoms with Crippen molar-refractivity contribution in [1.82, 2.24) is 15.1 Å². The van der Waals surface area contributed by atoms with E-state index in [4.69, 9.17) is 23.2 Å². The minimum atomic E-state index is -0.918. The van der Waals surface area contributed by atoms with E-state index in [-0.39, 0.29) is 18.4 Å². The number of amides is 1. The molecule has 1 aromatic heterocycles. The highest BCUT2D eigenvalue weighted by molar-refractivity contribution is 6.37. The van der Waals surface area contributed by atoms with Crippen LogP contribution in [-0.4, -0.2) is 32.7 Å². The molecular weight excluding hydrogens is 409 g/mol. The molecule has 2 aromatic carbocycles. The first-order valence-corrected chi connectivity index (χ1v) is 10.4. The third-order valence-corrected chi connectivity index (χ3v) is 6.40. The van der Waals surface area contributed by atoms with Crippen LogP contribution in [0.4, 0.5) is 0 Å². The number of carbonyl (C=O) groups excluding carboxylic acids is 1. The van der Waals surface area contributed by atoms with Crippen molar-refractivity contribution in [3.63, 3.8) is 0 Å². The van der Waals surface area contributed by atoms with Crippen molar-refractivity contribution in [2.45, 2.75) is 45.3 Å². The molecule has 29 heavy (non-hydrogen) atoms. The quantitative estimate of drug-likeness (QED) is 0.626. The van der Waals surface area contributed by atoms with Gasteiger partial charge in [0.1, 0.15) is 0 Å². The first-order chi connectivity index (χ1) is 13.7. The highest BCUT2D eigenvalue weighted by atomic mass is 35.5. The number of carbonyl (C=O) groups is 1. The molecule has 3 aromatic rings. The van der Waals surface area contributed by atoms with Crippen LogP contribution in [0.2, 0.25) is 10.2 Å². The number of nitrogens with zero attached hydrogens (tertiary/aromatic N) is 2. The second-order valence-corrected chi connectivity index (χ2v) is 8.85. The molecule has 0 saturated heterocycles. The van der Waals surface area contributed by atoms with Crippen molar-refractivity contribution in [3.8, 4) is 0 Å². The molecule has 2 N–H and O–H groups in total. The Hall–Kier alpha value is -2.08. The molecule has 7 heteroatoms. The summed E-state index contributed by atoms with van der Waals surface area (Å²) in [7, 11) is 0. The lowest BCUT2D eigenvalue weighted by molar-refractivity contribution is -0.133. The Morgan fingerprint density at radius 1 is 1.31 bits per heavy atom. The van der Waals surface area contributed by atoms with Gasteiger partial charge in [-0.1, -0.05) is 41.4 Å². The van der Waals surface area contributed by atoms with Gasteiger partial charge in [-0.05, 0) is 61.6 Å². The number of aromatic nitrogens is 2. The van der Waals surface area contributed by atoms with E-state index in [1.54, 1.807) is 19.9 Å². The summed E-state index contributed by atoms with van der Waals surface area (Å²) in [6.45, 7) is 6.20. The third-order valence-electron chi connectivity index (χ3n) is 5.78. The Labute approximate surface area is 179 Å². The molecule has 0 spiro atoms. The molecule has 1 amide bonds. The van der Waals surface area contributed by atoms with E-state index in [1.807, 2.05) is 36.1 Å². The Kier molecular flexibility index (Phi) is 5.09. The van der Waals surface area contributed by atoms with E-state index >= 15 is 0 Å². The minimum Gasteiger partial charge on any atom is -0.386 e. The van der Waals surface area contributed by atoms with E-state index in [1.165, 1.54) is 0 Å². The number of H-pyrrole nitrogens is 1. The normalized spacial score (nSPS) is 16.9. The number of fused-ring (bicyclic) bond motifs is 2. The number of aliphatic hydroxyl groups is 1. The first-order valence-electron chi connectivity index (χ1n) is 9.63. The van der Waals surface area contributed by atoms with Gasteiger partial charge in [0.05, 0.1) is 23.6 Å². The van der Waals surface area contributed by atoms with Crippen LogP contribution in [0.25, 0.3) is 10.9 Å². The third kappa shape index (κ3) is 3.52. The van der Waals surface area contributed by atoms with Gasteiger partial charge < -0.3 is 10.0 Å². The number of rotatable bonds is 3. The van der Waals surface area contributed by atoms with Gasteiger partial charge in [-0.3, -0.25) is 9.89 Å². The topological polar surface area (TPSA) is 69.2 Å². The fourth-order valence-electron chi connectivity index (χ4n) is 4.32. The Bertz CT molecular complexity index is 1100. The molecule has 152 valence electrons. The van der Waals surface area contributed by atoms with Gasteiger partial charge in [-0.15, -0.1) is 0 Å². The molecule has 1 atom stereocenters. The average molecular weight is 432 g/mol. The lowest BCUT2D eigenvalue weighted by atomic mass is 9.84. The number of hydrogen-bond donors (Lipinski definition) is 2. The van der Waals surface area contributed by atoms with Crippen LogP contribution in [0, 0.1) is 0 Å². The summed E-state index contributed by atoms with van der Waals surface area (Å²) in [5.74, 6) is -0.0107. The fraction of sp³-hybridized carbons (Fsp3) is 0.364. The number of benzene rings is 2. The number of halogens is 2. The number of nitrogens with one attached hydrogen (secondary N) is 1. The first kappa shape index (κ1) is 20.2. The predicted molar refractivity (Wildman–Crippen MR) is 115 cm³/mol. The lowest BCUT2D eigenvalue weighted by Gasteiger charge is -2.38. The van der Waals surface area contributed by atoms with E-state index in [2.05, 4.69) is 10.2 Å². The van der Waals surface area contributed by atoms with E-state index in [9.17, 15) is 9.90 Å². The largest absolute Gasteiger partial charge is 0.386 e. The maximum Gasteiger partial charge on any atom is 0.227 e. The molecule has 0 saturated carbocycles. The van der Waals surface area contributed by atoms with E-state index in [0.29, 0.717) is 34.1 Å². The summed E-state index contributed by atoms with van der Waals surface area (Å²) >= 11 is 12.6. The maximum atomic E-state index is 13.2. The van der Waals surface area contributed by atoms with E-state index in [0.717, 1.165) is 22.2 Å². The van der Waals surface area contributed by atoms with E-state index < -0.39 is 5.60 Å². The molecule has 0 aliphatic carbocycles. The second kappa shape index (κ2) is 7.31. The monoisotopic (exact) mass is 431 g/mol. The van der Waals surface area contributed by atoms with Crippen molar-refractivity contribution in [2.24, 2.45) is 0 Å². The van der Waals surface area contributed by atoms with Crippen LogP contribution in [0.15, 0.2) is 30.3 Å². The van der Waals surface area contributed by atoms with Gasteiger partial charge in [-0.25, -0.2) is 0 Å². The zero-order chi connectivity index (χ0) is 20.9. The average Bonchev–Trinajstić information content (AvgIpc) is 3.04. The van der Waals surface area contributed by atoms with Gasteiger partial charge in [0, 0.05) is 17.0 Å². The summed E-state index contributed by atoms with van der Waals surface area (Å²) in [6, 6.07) is 9.42. The van der Waals surface area contributed by atoms with Crippen molar-refractivity contribution >= 4 is 40.0 Å². The summed E-state index contributed by atoms with van der Waals surface area (Å²) in [6.07, 6.45) is 0.857. The minimum absolute atomic E-state index is 0.0107. The summed E-state index contributed by atoms with van der Waals surface area (Å²) in [5.41, 5.74) is 3.67. The zero-order valence-corrected chi connectivity index (χ0v) is 18.1. The van der Waals surface area contributed by atoms with Crippen molar-refractivity contribution in [3.05, 3.63) is 62.8 Å². The second-order valence-electron chi connectivity index (χ2n) is 8.09. The Balaban J connectivity index is 1.66. The SMILES string of the molecule is CC1c2cccc(C(C)(C)O)c2CCN1C(=O)Cc1c(Cl)ccc2[nH]nc(Cl)c12. The van der Waals surface area contributed by atoms with Crippen LogP contribution in [0.5, 0.6) is 0 Å². The van der Waals surface area contributed by atoms with Gasteiger partial charge in [-0.2, -0.15) is 5.10 Å². The smallest absolute Gasteiger partial charge is 0.227 e. The highest BCUT2D eigenvalue weighted by Crippen LogP contribution is 2.37. The summed E-state index contributed by atoms with van der Waals surface area (Å²) < 4.78 is 0. The molecular formula is C22H23Cl2N3O2. The van der Waals surface area contributed by atoms with Crippen LogP contribution in [0.1, 0.15) is 49.1 Å². The molecule has 1 aliphatic heterocycles. The predicted octanol–water partition coefficient (Wildman–Crippen LogP) is 4.79. The standard InChI is InChI=1S/C22H23Cl2N3O2/c1-12-13-5-4-6-16(22(2,3)29)14(13)9-10-27(12)19(28)11-15-17(23)7-8-18-20(15)21(24)26-25-18/h4-8,12,29H,9-11H2,1-3H3,(H,25,26). The molecule has 0 fully saturated rings. The molecule has 0 radical (unpaired) electrons. The lowest BCUT2D eigenvalue weighted by Crippen LogP contribution is -2.40. The Morgan fingerprint density at radius 3 is 2.79 bits per heavy atom.